The molecule has 0 amide bonds. The molecule has 0 aliphatic carbocycles. The molecule has 0 bridgehead atoms. The van der Waals surface area contributed by atoms with Crippen molar-refractivity contribution in [1.29, 1.82) is 0 Å². The molecule has 2 rings (SSSR count). The summed E-state index contributed by atoms with van der Waals surface area (Å²) in [5.41, 5.74) is 0.924. The topological polar surface area (TPSA) is 98.6 Å². The summed E-state index contributed by atoms with van der Waals surface area (Å²) in [5, 5.41) is 9.56. The molecule has 7 nitrogen and oxygen atoms in total. The van der Waals surface area contributed by atoms with Crippen LogP contribution in [0.2, 0.25) is 0 Å². The monoisotopic (exact) mass is 400 g/mol. The van der Waals surface area contributed by atoms with Crippen LogP contribution in [0.3, 0.4) is 0 Å². The normalized spacial score (nSPS) is 11.9. The summed E-state index contributed by atoms with van der Waals surface area (Å²) >= 11 is 0. The third-order valence-electron chi connectivity index (χ3n) is 3.53. The lowest BCUT2D eigenvalue weighted by molar-refractivity contribution is 0.00565. The van der Waals surface area contributed by atoms with Crippen LogP contribution in [0.4, 0.5) is 0 Å². The molecule has 0 saturated heterocycles. The third-order valence-corrected chi connectivity index (χ3v) is 3.53. The second-order valence-electron chi connectivity index (χ2n) is 8.78. The zero-order valence-corrected chi connectivity index (χ0v) is 18.0. The van der Waals surface area contributed by atoms with Crippen molar-refractivity contribution in [2.24, 2.45) is 0 Å². The zero-order valence-electron chi connectivity index (χ0n) is 18.0. The van der Waals surface area contributed by atoms with E-state index in [0.717, 1.165) is 0 Å². The van der Waals surface area contributed by atoms with E-state index < -0.39 is 23.1 Å². The van der Waals surface area contributed by atoms with Gasteiger partial charge in [0.25, 0.3) is 0 Å². The summed E-state index contributed by atoms with van der Waals surface area (Å²) in [7, 11) is 0. The van der Waals surface area contributed by atoms with Gasteiger partial charge in [-0.25, -0.2) is 14.6 Å². The van der Waals surface area contributed by atoms with Crippen molar-refractivity contribution in [2.75, 3.05) is 0 Å². The third kappa shape index (κ3) is 6.64. The van der Waals surface area contributed by atoms with E-state index in [4.69, 9.17) is 9.47 Å². The highest BCUT2D eigenvalue weighted by atomic mass is 16.6. The Morgan fingerprint density at radius 3 is 1.72 bits per heavy atom. The predicted molar refractivity (Wildman–Crippen MR) is 108 cm³/mol. The molecule has 0 atom stereocenters. The van der Waals surface area contributed by atoms with Crippen LogP contribution in [-0.2, 0) is 16.1 Å². The van der Waals surface area contributed by atoms with Gasteiger partial charge in [-0.05, 0) is 72.7 Å². The summed E-state index contributed by atoms with van der Waals surface area (Å²) < 4.78 is 10.8. The van der Waals surface area contributed by atoms with Gasteiger partial charge < -0.3 is 14.6 Å². The standard InChI is InChI=1S/C22H28N2O5/c1-13-8-14(19(26)28-21(2,3)4)10-17(23-13)18-11-15(9-16(12-25)24-18)20(27)29-22(5,6)7/h8-11,25H,12H2,1-7H3. The molecule has 0 saturated carbocycles. The van der Waals surface area contributed by atoms with Crippen molar-refractivity contribution in [3.63, 3.8) is 0 Å². The van der Waals surface area contributed by atoms with E-state index in [1.807, 2.05) is 0 Å². The fourth-order valence-corrected chi connectivity index (χ4v) is 2.51. The zero-order chi connectivity index (χ0) is 22.0. The van der Waals surface area contributed by atoms with Gasteiger partial charge in [0, 0.05) is 5.69 Å². The molecule has 2 aromatic rings. The molecule has 0 spiro atoms. The van der Waals surface area contributed by atoms with Crippen LogP contribution >= 0.6 is 0 Å². The number of carbonyl (C=O) groups is 2. The lowest BCUT2D eigenvalue weighted by Gasteiger charge is -2.20. The van der Waals surface area contributed by atoms with E-state index in [9.17, 15) is 14.7 Å². The van der Waals surface area contributed by atoms with Crippen molar-refractivity contribution in [3.05, 3.63) is 46.8 Å². The first-order chi connectivity index (χ1) is 13.3. The van der Waals surface area contributed by atoms with Crippen molar-refractivity contribution in [1.82, 2.24) is 9.97 Å². The fraction of sp³-hybridized carbons (Fsp3) is 0.455. The highest BCUT2D eigenvalue weighted by molar-refractivity contribution is 5.92. The quantitative estimate of drug-likeness (QED) is 0.778. The van der Waals surface area contributed by atoms with E-state index in [0.29, 0.717) is 28.3 Å². The Balaban J connectivity index is 2.49. The molecule has 2 heterocycles. The van der Waals surface area contributed by atoms with Crippen LogP contribution in [0, 0.1) is 6.92 Å². The number of aliphatic hydroxyl groups excluding tert-OH is 1. The maximum atomic E-state index is 12.5. The van der Waals surface area contributed by atoms with Crippen molar-refractivity contribution in [3.8, 4) is 11.4 Å². The van der Waals surface area contributed by atoms with Crippen LogP contribution in [0.15, 0.2) is 24.3 Å². The summed E-state index contributed by atoms with van der Waals surface area (Å²) in [6.07, 6.45) is 0. The molecule has 0 aliphatic rings. The fourth-order valence-electron chi connectivity index (χ4n) is 2.51. The van der Waals surface area contributed by atoms with E-state index in [-0.39, 0.29) is 12.2 Å². The van der Waals surface area contributed by atoms with Crippen molar-refractivity contribution >= 4 is 11.9 Å². The summed E-state index contributed by atoms with van der Waals surface area (Å²) in [5.74, 6) is -1.01. The number of carbonyl (C=O) groups excluding carboxylic acids is 2. The van der Waals surface area contributed by atoms with Gasteiger partial charge in [-0.15, -0.1) is 0 Å². The number of nitrogens with zero attached hydrogens (tertiary/aromatic N) is 2. The van der Waals surface area contributed by atoms with E-state index >= 15 is 0 Å². The average Bonchev–Trinajstić information content (AvgIpc) is 2.57. The Kier molecular flexibility index (Phi) is 6.43. The molecule has 156 valence electrons. The van der Waals surface area contributed by atoms with Crippen LogP contribution in [0.1, 0.15) is 73.6 Å². The number of pyridine rings is 2. The second kappa shape index (κ2) is 8.29. The number of aliphatic hydroxyl groups is 1. The summed E-state index contributed by atoms with van der Waals surface area (Å²) in [6, 6.07) is 6.20. The first-order valence-electron chi connectivity index (χ1n) is 9.35. The summed E-state index contributed by atoms with van der Waals surface area (Å²) in [4.78, 5) is 33.7. The Morgan fingerprint density at radius 2 is 1.28 bits per heavy atom. The van der Waals surface area contributed by atoms with Crippen LogP contribution in [0.5, 0.6) is 0 Å². The number of aromatic nitrogens is 2. The molecule has 0 aliphatic heterocycles. The molecule has 0 unspecified atom stereocenters. The number of rotatable bonds is 4. The molecule has 0 aromatic carbocycles. The molecule has 1 N–H and O–H groups in total. The van der Waals surface area contributed by atoms with Gasteiger partial charge in [0.15, 0.2) is 0 Å². The van der Waals surface area contributed by atoms with Gasteiger partial charge in [-0.1, -0.05) is 0 Å². The molecule has 0 fully saturated rings. The molecular weight excluding hydrogens is 372 g/mol. The number of aryl methyl sites for hydroxylation is 1. The van der Waals surface area contributed by atoms with Crippen molar-refractivity contribution in [2.45, 2.75) is 66.3 Å². The molecule has 2 aromatic heterocycles. The van der Waals surface area contributed by atoms with Gasteiger partial charge in [-0.3, -0.25) is 4.98 Å². The SMILES string of the molecule is Cc1cc(C(=O)OC(C)(C)C)cc(-c2cc(C(=O)OC(C)(C)C)cc(CO)n2)n1. The smallest absolute Gasteiger partial charge is 0.338 e. The number of hydrogen-bond acceptors (Lipinski definition) is 7. The maximum Gasteiger partial charge on any atom is 0.338 e. The Bertz CT molecular complexity index is 924. The number of ether oxygens (including phenoxy) is 2. The summed E-state index contributed by atoms with van der Waals surface area (Å²) in [6.45, 7) is 12.1. The highest BCUT2D eigenvalue weighted by Gasteiger charge is 2.22. The van der Waals surface area contributed by atoms with Crippen LogP contribution < -0.4 is 0 Å². The average molecular weight is 400 g/mol. The molecule has 0 radical (unpaired) electrons. The lowest BCUT2D eigenvalue weighted by Crippen LogP contribution is -2.24. The van der Waals surface area contributed by atoms with Crippen LogP contribution in [0.25, 0.3) is 11.4 Å². The Labute approximate surface area is 171 Å². The number of hydrogen-bond donors (Lipinski definition) is 1. The highest BCUT2D eigenvalue weighted by Crippen LogP contribution is 2.23. The minimum Gasteiger partial charge on any atom is -0.456 e. The van der Waals surface area contributed by atoms with Gasteiger partial charge in [0.2, 0.25) is 0 Å². The predicted octanol–water partition coefficient (Wildman–Crippen LogP) is 3.85. The minimum atomic E-state index is -0.661. The molecule has 7 heteroatoms. The van der Waals surface area contributed by atoms with Gasteiger partial charge in [0.05, 0.1) is 34.8 Å². The van der Waals surface area contributed by atoms with Crippen molar-refractivity contribution < 1.29 is 24.2 Å². The number of esters is 2. The van der Waals surface area contributed by atoms with E-state index in [1.54, 1.807) is 60.6 Å². The Hall–Kier alpha value is -2.80. The van der Waals surface area contributed by atoms with Gasteiger partial charge in [0.1, 0.15) is 11.2 Å². The molecular formula is C22H28N2O5. The Morgan fingerprint density at radius 1 is 0.828 bits per heavy atom. The lowest BCUT2D eigenvalue weighted by atomic mass is 10.1. The first kappa shape index (κ1) is 22.5. The largest absolute Gasteiger partial charge is 0.456 e. The van der Waals surface area contributed by atoms with Gasteiger partial charge in [-0.2, -0.15) is 0 Å². The van der Waals surface area contributed by atoms with E-state index in [2.05, 4.69) is 9.97 Å². The second-order valence-corrected chi connectivity index (χ2v) is 8.78. The maximum absolute atomic E-state index is 12.5. The minimum absolute atomic E-state index is 0.246. The van der Waals surface area contributed by atoms with Gasteiger partial charge >= 0.3 is 11.9 Å². The molecule has 29 heavy (non-hydrogen) atoms. The van der Waals surface area contributed by atoms with Crippen LogP contribution in [-0.4, -0.2) is 38.2 Å². The van der Waals surface area contributed by atoms with E-state index in [1.165, 1.54) is 12.1 Å². The first-order valence-corrected chi connectivity index (χ1v) is 9.35.